The van der Waals surface area contributed by atoms with E-state index >= 15 is 0 Å². The van der Waals surface area contributed by atoms with E-state index in [1.165, 1.54) is 0 Å². The molecule has 0 radical (unpaired) electrons. The molecule has 0 aromatic heterocycles. The molecule has 6 atom stereocenters. The zero-order chi connectivity index (χ0) is 34.7. The molecule has 2 amide bonds. The first kappa shape index (κ1) is 36.9. The van der Waals surface area contributed by atoms with E-state index in [1.54, 1.807) is 12.1 Å². The van der Waals surface area contributed by atoms with E-state index in [2.05, 4.69) is 10.6 Å². The maximum atomic E-state index is 13.0. The molecule has 1 aliphatic heterocycles. The number of halogens is 1. The molecular weight excluding hydrogens is 640 g/mol. The lowest BCUT2D eigenvalue weighted by atomic mass is 9.89. The predicted octanol–water partition coefficient (Wildman–Crippen LogP) is 1.18. The Labute approximate surface area is 276 Å². The molecule has 14 nitrogen and oxygen atoms in total. The molecule has 3 N–H and O–H groups in total. The third-order valence-corrected chi connectivity index (χ3v) is 7.42. The predicted molar refractivity (Wildman–Crippen MR) is 164 cm³/mol. The summed E-state index contributed by atoms with van der Waals surface area (Å²) >= 11 is 6.42. The van der Waals surface area contributed by atoms with Crippen molar-refractivity contribution in [1.29, 1.82) is 0 Å². The molecule has 2 aromatic carbocycles. The van der Waals surface area contributed by atoms with Crippen molar-refractivity contribution in [2.75, 3.05) is 20.3 Å². The quantitative estimate of drug-likeness (QED) is 0.156. The number of nitrogens with one attached hydrogen (secondary N) is 2. The van der Waals surface area contributed by atoms with Crippen molar-refractivity contribution in [2.45, 2.75) is 69.1 Å². The zero-order valence-corrected chi connectivity index (χ0v) is 27.0. The standard InChI is InChI=1S/C32H37ClN2O12/c1-18(36)44-17-27(41)35-28-24(39)15-32(33,31(42)43-4)47-30(28)29(46-20(3)38)25(45-19(2)37)16-34-26(40)14-21-10-12-23(13-11-21)22-8-6-5-7-9-22/h5-13,24-25,28-30,39H,14-17H2,1-4H3,(H,34,40)(H,35,41)/t24-,25+,28+,29+,30+,32-/m0/s1. The van der Waals surface area contributed by atoms with E-state index in [4.69, 9.17) is 35.3 Å². The molecular formula is C32H37ClN2O12. The summed E-state index contributed by atoms with van der Waals surface area (Å²) in [6, 6.07) is 15.5. The van der Waals surface area contributed by atoms with Crippen molar-refractivity contribution in [3.8, 4) is 11.1 Å². The Kier molecular flexibility index (Phi) is 13.2. The van der Waals surface area contributed by atoms with Crippen molar-refractivity contribution >= 4 is 47.3 Å². The second-order valence-corrected chi connectivity index (χ2v) is 11.3. The number of amides is 2. The largest absolute Gasteiger partial charge is 0.466 e. The average molecular weight is 677 g/mol. The van der Waals surface area contributed by atoms with Gasteiger partial charge in [-0.15, -0.1) is 0 Å². The Morgan fingerprint density at radius 1 is 0.915 bits per heavy atom. The van der Waals surface area contributed by atoms with E-state index < -0.39 is 90.8 Å². The second kappa shape index (κ2) is 16.9. The van der Waals surface area contributed by atoms with E-state index in [1.807, 2.05) is 42.5 Å². The lowest BCUT2D eigenvalue weighted by molar-refractivity contribution is -0.218. The summed E-state index contributed by atoms with van der Waals surface area (Å²) in [4.78, 5) is 73.9. The van der Waals surface area contributed by atoms with Crippen molar-refractivity contribution in [1.82, 2.24) is 10.6 Å². The maximum Gasteiger partial charge on any atom is 0.354 e. The summed E-state index contributed by atoms with van der Waals surface area (Å²) in [5.41, 5.74) is 2.65. The minimum atomic E-state index is -2.32. The highest BCUT2D eigenvalue weighted by atomic mass is 35.5. The van der Waals surface area contributed by atoms with Crippen LogP contribution in [0.4, 0.5) is 0 Å². The summed E-state index contributed by atoms with van der Waals surface area (Å²) in [5.74, 6) is -4.95. The average Bonchev–Trinajstić information content (AvgIpc) is 3.02. The lowest BCUT2D eigenvalue weighted by Crippen LogP contribution is -2.67. The number of methoxy groups -OCH3 is 1. The van der Waals surface area contributed by atoms with Gasteiger partial charge in [0.05, 0.1) is 32.2 Å². The number of carbonyl (C=O) groups is 6. The highest BCUT2D eigenvalue weighted by Crippen LogP contribution is 2.37. The Hall–Kier alpha value is -4.53. The number of carbonyl (C=O) groups excluding carboxylic acids is 6. The summed E-state index contributed by atoms with van der Waals surface area (Å²) in [6.45, 7) is 2.04. The molecule has 0 bridgehead atoms. The first-order chi connectivity index (χ1) is 22.2. The van der Waals surface area contributed by atoms with Crippen molar-refractivity contribution in [3.05, 3.63) is 60.2 Å². The van der Waals surface area contributed by atoms with Crippen molar-refractivity contribution in [3.63, 3.8) is 0 Å². The van der Waals surface area contributed by atoms with E-state index in [9.17, 15) is 33.9 Å². The van der Waals surface area contributed by atoms with Gasteiger partial charge in [-0.2, -0.15) is 0 Å². The van der Waals surface area contributed by atoms with Gasteiger partial charge in [0, 0.05) is 27.2 Å². The number of aliphatic hydroxyl groups is 1. The number of esters is 4. The molecule has 1 saturated heterocycles. The summed E-state index contributed by atoms with van der Waals surface area (Å²) in [5, 5.41) is 13.8. The highest BCUT2D eigenvalue weighted by Gasteiger charge is 2.56. The van der Waals surface area contributed by atoms with Crippen molar-refractivity contribution in [2.24, 2.45) is 0 Å². The number of hydrogen-bond donors (Lipinski definition) is 3. The van der Waals surface area contributed by atoms with Gasteiger partial charge in [0.2, 0.25) is 11.0 Å². The number of benzene rings is 2. The molecule has 1 heterocycles. The zero-order valence-electron chi connectivity index (χ0n) is 26.2. The fourth-order valence-corrected chi connectivity index (χ4v) is 5.31. The SMILES string of the molecule is COC(=O)[C@]1(Cl)C[C@H](O)[C@@H](NC(=O)COC(C)=O)[C@H]([C@H](OC(C)=O)[C@@H](CNC(=O)Cc2ccc(-c3ccccc3)cc2)OC(C)=O)O1. The third kappa shape index (κ3) is 10.8. The van der Waals surface area contributed by atoms with Gasteiger partial charge in [0.1, 0.15) is 6.10 Å². The van der Waals surface area contributed by atoms with Gasteiger partial charge in [0.15, 0.2) is 18.8 Å². The second-order valence-electron chi connectivity index (χ2n) is 10.7. The molecule has 3 rings (SSSR count). The molecule has 0 unspecified atom stereocenters. The molecule has 254 valence electrons. The van der Waals surface area contributed by atoms with E-state index in [0.29, 0.717) is 5.56 Å². The smallest absolute Gasteiger partial charge is 0.354 e. The maximum absolute atomic E-state index is 13.0. The number of hydrogen-bond acceptors (Lipinski definition) is 12. The summed E-state index contributed by atoms with van der Waals surface area (Å²) in [6.07, 6.45) is -7.04. The van der Waals surface area contributed by atoms with Crippen LogP contribution in [0.1, 0.15) is 32.8 Å². The first-order valence-electron chi connectivity index (χ1n) is 14.5. The van der Waals surface area contributed by atoms with Gasteiger partial charge in [-0.1, -0.05) is 66.2 Å². The summed E-state index contributed by atoms with van der Waals surface area (Å²) in [7, 11) is 1.03. The van der Waals surface area contributed by atoms with Gasteiger partial charge < -0.3 is 39.4 Å². The molecule has 0 aliphatic carbocycles. The topological polar surface area (TPSA) is 193 Å². The van der Waals surface area contributed by atoms with Crippen LogP contribution in [0.3, 0.4) is 0 Å². The fourth-order valence-electron chi connectivity index (χ4n) is 4.97. The normalized spacial score (nSPS) is 21.7. The highest BCUT2D eigenvalue weighted by molar-refractivity contribution is 6.32. The van der Waals surface area contributed by atoms with Crippen LogP contribution in [-0.4, -0.2) is 96.6 Å². The van der Waals surface area contributed by atoms with Crippen LogP contribution in [0.15, 0.2) is 54.6 Å². The van der Waals surface area contributed by atoms with Gasteiger partial charge in [-0.25, -0.2) is 4.79 Å². The third-order valence-electron chi connectivity index (χ3n) is 7.02. The Bertz CT molecular complexity index is 1440. The minimum absolute atomic E-state index is 0.0549. The molecule has 1 fully saturated rings. The van der Waals surface area contributed by atoms with Crippen LogP contribution < -0.4 is 10.6 Å². The fraction of sp³-hybridized carbons (Fsp3) is 0.438. The van der Waals surface area contributed by atoms with Gasteiger partial charge in [0.25, 0.3) is 5.91 Å². The Morgan fingerprint density at radius 2 is 1.53 bits per heavy atom. The van der Waals surface area contributed by atoms with Crippen LogP contribution in [0.25, 0.3) is 11.1 Å². The molecule has 0 saturated carbocycles. The molecule has 2 aromatic rings. The first-order valence-corrected chi connectivity index (χ1v) is 14.9. The number of aliphatic hydroxyl groups excluding tert-OH is 1. The summed E-state index contributed by atoms with van der Waals surface area (Å²) < 4.78 is 26.2. The molecule has 0 spiro atoms. The monoisotopic (exact) mass is 676 g/mol. The molecule has 1 aliphatic rings. The number of alkyl halides is 1. The van der Waals surface area contributed by atoms with Gasteiger partial charge in [-0.3, -0.25) is 24.0 Å². The van der Waals surface area contributed by atoms with Crippen LogP contribution in [0.2, 0.25) is 0 Å². The lowest BCUT2D eigenvalue weighted by Gasteiger charge is -2.46. The van der Waals surface area contributed by atoms with Crippen LogP contribution in [0, 0.1) is 0 Å². The minimum Gasteiger partial charge on any atom is -0.466 e. The molecule has 47 heavy (non-hydrogen) atoms. The van der Waals surface area contributed by atoms with Crippen molar-refractivity contribution < 1.29 is 57.6 Å². The van der Waals surface area contributed by atoms with Crippen LogP contribution in [0.5, 0.6) is 0 Å². The van der Waals surface area contributed by atoms with E-state index in [0.717, 1.165) is 39.0 Å². The number of rotatable bonds is 13. The van der Waals surface area contributed by atoms with Gasteiger partial charge >= 0.3 is 23.9 Å². The van der Waals surface area contributed by atoms with Crippen LogP contribution >= 0.6 is 11.6 Å². The van der Waals surface area contributed by atoms with Gasteiger partial charge in [-0.05, 0) is 16.7 Å². The Morgan fingerprint density at radius 3 is 2.11 bits per heavy atom. The van der Waals surface area contributed by atoms with E-state index in [-0.39, 0.29) is 6.42 Å². The van der Waals surface area contributed by atoms with Crippen LogP contribution in [-0.2, 0) is 58.9 Å². The molecule has 15 heteroatoms. The Balaban J connectivity index is 1.86. The number of ether oxygens (including phenoxy) is 5.